The number of carboxylic acids is 2. The van der Waals surface area contributed by atoms with E-state index in [0.29, 0.717) is 11.6 Å². The fourth-order valence-electron chi connectivity index (χ4n) is 1.65. The normalized spacial score (nSPS) is 11.8. The summed E-state index contributed by atoms with van der Waals surface area (Å²) in [6.07, 6.45) is -0.685. The number of carbonyl (C=O) groups excluding carboxylic acids is 1. The zero-order valence-electron chi connectivity index (χ0n) is 11.8. The number of aliphatic carboxylic acids is 2. The molecule has 1 aromatic rings. The fraction of sp³-hybridized carbons (Fsp3) is 0.357. The van der Waals surface area contributed by atoms with Crippen molar-refractivity contribution in [3.8, 4) is 0 Å². The van der Waals surface area contributed by atoms with Gasteiger partial charge in [-0.3, -0.25) is 4.79 Å². The van der Waals surface area contributed by atoms with E-state index in [4.69, 9.17) is 10.2 Å². The Balaban J connectivity index is 2.63. The lowest BCUT2D eigenvalue weighted by Crippen LogP contribution is -2.44. The van der Waals surface area contributed by atoms with E-state index in [9.17, 15) is 14.4 Å². The Labute approximate surface area is 122 Å². The summed E-state index contributed by atoms with van der Waals surface area (Å²) in [5.41, 5.74) is 1.60. The van der Waals surface area contributed by atoms with Crippen molar-refractivity contribution in [2.24, 2.45) is 0 Å². The lowest BCUT2D eigenvalue weighted by atomic mass is 10.0. The molecule has 0 spiro atoms. The molecule has 1 rings (SSSR count). The highest BCUT2D eigenvalue weighted by Crippen LogP contribution is 2.17. The van der Waals surface area contributed by atoms with Crippen LogP contribution in [0.3, 0.4) is 0 Å². The van der Waals surface area contributed by atoms with Crippen molar-refractivity contribution < 1.29 is 24.6 Å². The van der Waals surface area contributed by atoms with Crippen LogP contribution in [0, 0.1) is 0 Å². The van der Waals surface area contributed by atoms with E-state index in [0.717, 1.165) is 5.56 Å². The van der Waals surface area contributed by atoms with Crippen LogP contribution in [-0.2, 0) is 9.59 Å². The number of hydrogen-bond acceptors (Lipinski definition) is 3. The van der Waals surface area contributed by atoms with Gasteiger partial charge in [0.15, 0.2) is 0 Å². The maximum absolute atomic E-state index is 11.6. The summed E-state index contributed by atoms with van der Waals surface area (Å²) in [4.78, 5) is 33.0. The van der Waals surface area contributed by atoms with Crippen LogP contribution in [0.5, 0.6) is 0 Å². The third kappa shape index (κ3) is 5.52. The molecule has 0 saturated heterocycles. The molecule has 0 aliphatic rings. The second-order valence-corrected chi connectivity index (χ2v) is 4.86. The number of nitrogens with one attached hydrogen (secondary N) is 2. The number of urea groups is 1. The number of hydrogen-bond donors (Lipinski definition) is 4. The number of rotatable bonds is 6. The van der Waals surface area contributed by atoms with E-state index >= 15 is 0 Å². The zero-order chi connectivity index (χ0) is 16.0. The van der Waals surface area contributed by atoms with Gasteiger partial charge in [0, 0.05) is 5.69 Å². The molecule has 0 aromatic heterocycles. The van der Waals surface area contributed by atoms with Crippen molar-refractivity contribution in [3.05, 3.63) is 29.8 Å². The van der Waals surface area contributed by atoms with E-state index in [1.807, 2.05) is 26.0 Å². The highest BCUT2D eigenvalue weighted by Gasteiger charge is 2.22. The van der Waals surface area contributed by atoms with Crippen molar-refractivity contribution in [2.45, 2.75) is 32.2 Å². The van der Waals surface area contributed by atoms with Crippen molar-refractivity contribution in [1.29, 1.82) is 0 Å². The van der Waals surface area contributed by atoms with Gasteiger partial charge in [-0.25, -0.2) is 9.59 Å². The summed E-state index contributed by atoms with van der Waals surface area (Å²) in [6, 6.07) is 4.86. The maximum atomic E-state index is 11.6. The molecule has 0 fully saturated rings. The number of carboxylic acid groups (broad SMARTS) is 2. The first-order valence-corrected chi connectivity index (χ1v) is 6.41. The Morgan fingerprint density at radius 1 is 1.10 bits per heavy atom. The predicted octanol–water partition coefficient (Wildman–Crippen LogP) is 1.86. The zero-order valence-corrected chi connectivity index (χ0v) is 11.8. The van der Waals surface area contributed by atoms with Crippen LogP contribution in [-0.4, -0.2) is 34.2 Å². The molecule has 21 heavy (non-hydrogen) atoms. The smallest absolute Gasteiger partial charge is 0.326 e. The maximum Gasteiger partial charge on any atom is 0.326 e. The minimum absolute atomic E-state index is 0.361. The predicted molar refractivity (Wildman–Crippen MR) is 76.4 cm³/mol. The fourth-order valence-corrected chi connectivity index (χ4v) is 1.65. The lowest BCUT2D eigenvalue weighted by molar-refractivity contribution is -0.145. The average Bonchev–Trinajstić information content (AvgIpc) is 2.37. The number of anilines is 1. The van der Waals surface area contributed by atoms with Crippen molar-refractivity contribution in [3.63, 3.8) is 0 Å². The minimum Gasteiger partial charge on any atom is -0.481 e. The van der Waals surface area contributed by atoms with E-state index in [-0.39, 0.29) is 0 Å². The molecule has 0 bridgehead atoms. The quantitative estimate of drug-likeness (QED) is 0.639. The molecule has 0 radical (unpaired) electrons. The van der Waals surface area contributed by atoms with Gasteiger partial charge in [0.2, 0.25) is 0 Å². The standard InChI is InChI=1S/C14H18N2O5/c1-8(2)9-3-5-10(6-4-9)15-14(21)16-11(13(19)20)7-12(17)18/h3-6,8,11H,7H2,1-2H3,(H,17,18)(H,19,20)(H2,15,16,21)/t11-/m1/s1. The number of benzene rings is 1. The Hall–Kier alpha value is -2.57. The molecule has 0 heterocycles. The third-order valence-corrected chi connectivity index (χ3v) is 2.82. The molecule has 0 aliphatic heterocycles. The highest BCUT2D eigenvalue weighted by atomic mass is 16.4. The SMILES string of the molecule is CC(C)c1ccc(NC(=O)N[C@H](CC(=O)O)C(=O)O)cc1. The van der Waals surface area contributed by atoms with E-state index in [2.05, 4.69) is 10.6 Å². The first-order valence-electron chi connectivity index (χ1n) is 6.41. The molecule has 0 unspecified atom stereocenters. The van der Waals surface area contributed by atoms with Crippen molar-refractivity contribution >= 4 is 23.7 Å². The van der Waals surface area contributed by atoms with Gasteiger partial charge < -0.3 is 20.8 Å². The van der Waals surface area contributed by atoms with Crippen molar-refractivity contribution in [2.75, 3.05) is 5.32 Å². The van der Waals surface area contributed by atoms with E-state index in [1.165, 1.54) is 0 Å². The van der Waals surface area contributed by atoms with Crippen LogP contribution in [0.15, 0.2) is 24.3 Å². The van der Waals surface area contributed by atoms with Crippen LogP contribution >= 0.6 is 0 Å². The van der Waals surface area contributed by atoms with Gasteiger partial charge in [0.25, 0.3) is 0 Å². The van der Waals surface area contributed by atoms with Crippen LogP contribution in [0.4, 0.5) is 10.5 Å². The van der Waals surface area contributed by atoms with Crippen LogP contribution in [0.25, 0.3) is 0 Å². The summed E-state index contributed by atoms with van der Waals surface area (Å²) in [7, 11) is 0. The second kappa shape index (κ2) is 7.28. The monoisotopic (exact) mass is 294 g/mol. The van der Waals surface area contributed by atoms with Gasteiger partial charge in [-0.15, -0.1) is 0 Å². The molecule has 4 N–H and O–H groups in total. The average molecular weight is 294 g/mol. The lowest BCUT2D eigenvalue weighted by Gasteiger charge is -2.13. The van der Waals surface area contributed by atoms with Gasteiger partial charge in [0.05, 0.1) is 6.42 Å². The molecular formula is C14H18N2O5. The first kappa shape index (κ1) is 16.5. The summed E-state index contributed by atoms with van der Waals surface area (Å²) < 4.78 is 0. The molecule has 2 amide bonds. The van der Waals surface area contributed by atoms with Gasteiger partial charge in [-0.1, -0.05) is 26.0 Å². The van der Waals surface area contributed by atoms with Crippen LogP contribution < -0.4 is 10.6 Å². The Morgan fingerprint density at radius 2 is 1.67 bits per heavy atom. The van der Waals surface area contributed by atoms with Gasteiger partial charge in [-0.2, -0.15) is 0 Å². The molecular weight excluding hydrogens is 276 g/mol. The molecule has 114 valence electrons. The molecule has 7 heteroatoms. The van der Waals surface area contributed by atoms with E-state index in [1.54, 1.807) is 12.1 Å². The molecule has 7 nitrogen and oxygen atoms in total. The number of amides is 2. The Kier molecular flexibility index (Phi) is 5.71. The van der Waals surface area contributed by atoms with Crippen LogP contribution in [0.1, 0.15) is 31.7 Å². The largest absolute Gasteiger partial charge is 0.481 e. The topological polar surface area (TPSA) is 116 Å². The summed E-state index contributed by atoms with van der Waals surface area (Å²) in [5, 5.41) is 22.0. The van der Waals surface area contributed by atoms with Gasteiger partial charge >= 0.3 is 18.0 Å². The highest BCUT2D eigenvalue weighted by molar-refractivity contribution is 5.93. The Morgan fingerprint density at radius 3 is 2.10 bits per heavy atom. The first-order chi connectivity index (χ1) is 9.79. The minimum atomic E-state index is -1.47. The van der Waals surface area contributed by atoms with Gasteiger partial charge in [-0.05, 0) is 23.6 Å². The molecule has 0 saturated carbocycles. The Bertz CT molecular complexity index is 525. The molecule has 1 atom stereocenters. The van der Waals surface area contributed by atoms with E-state index < -0.39 is 30.4 Å². The van der Waals surface area contributed by atoms with Gasteiger partial charge in [0.1, 0.15) is 6.04 Å². The third-order valence-electron chi connectivity index (χ3n) is 2.82. The summed E-state index contributed by atoms with van der Waals surface area (Å²) >= 11 is 0. The van der Waals surface area contributed by atoms with Crippen LogP contribution in [0.2, 0.25) is 0 Å². The summed E-state index contributed by atoms with van der Waals surface area (Å²) in [6.45, 7) is 4.08. The van der Waals surface area contributed by atoms with Crippen molar-refractivity contribution in [1.82, 2.24) is 5.32 Å². The molecule has 1 aromatic carbocycles. The number of carbonyl (C=O) groups is 3. The second-order valence-electron chi connectivity index (χ2n) is 4.86. The molecule has 0 aliphatic carbocycles. The summed E-state index contributed by atoms with van der Waals surface area (Å²) in [5.74, 6) is -2.34.